The molecule has 0 saturated heterocycles. The first-order chi connectivity index (χ1) is 8.56. The Morgan fingerprint density at radius 1 is 1.33 bits per heavy atom. The first-order valence-electron chi connectivity index (χ1n) is 5.47. The Hall–Kier alpha value is -1.10. The topological polar surface area (TPSA) is 64.9 Å². The van der Waals surface area contributed by atoms with Crippen molar-refractivity contribution in [2.75, 3.05) is 5.73 Å². The molecule has 0 fully saturated rings. The van der Waals surface area contributed by atoms with Gasteiger partial charge in [0.25, 0.3) is 0 Å². The monoisotopic (exact) mass is 325 g/mol. The van der Waals surface area contributed by atoms with E-state index in [0.29, 0.717) is 17.3 Å². The second-order valence-corrected chi connectivity index (χ2v) is 5.42. The van der Waals surface area contributed by atoms with Crippen LogP contribution in [0.15, 0.2) is 41.0 Å². The molecule has 18 heavy (non-hydrogen) atoms. The van der Waals surface area contributed by atoms with Crippen LogP contribution in [0.1, 0.15) is 17.2 Å². The number of benzene rings is 1. The van der Waals surface area contributed by atoms with Crippen molar-refractivity contribution in [3.8, 4) is 0 Å². The number of hydrogen-bond acceptors (Lipinski definition) is 3. The standard InChI is InChI=1S/C13H13BrClN3/c14-9-3-1-2-8(4-9)5-12(16)11-6-10(15)7-18-13(11)17/h1-4,6-7,12H,5,16H2,(H2,17,18). The third-order valence-electron chi connectivity index (χ3n) is 2.66. The van der Waals surface area contributed by atoms with E-state index in [1.54, 1.807) is 6.07 Å². The molecule has 0 aliphatic rings. The van der Waals surface area contributed by atoms with Crippen LogP contribution in [0.2, 0.25) is 5.02 Å². The van der Waals surface area contributed by atoms with Crippen molar-refractivity contribution < 1.29 is 0 Å². The van der Waals surface area contributed by atoms with Crippen LogP contribution in [0.4, 0.5) is 5.82 Å². The van der Waals surface area contributed by atoms with E-state index in [0.717, 1.165) is 15.6 Å². The molecule has 1 unspecified atom stereocenters. The molecule has 0 aliphatic heterocycles. The van der Waals surface area contributed by atoms with E-state index < -0.39 is 0 Å². The molecular weight excluding hydrogens is 314 g/mol. The van der Waals surface area contributed by atoms with E-state index in [1.807, 2.05) is 24.3 Å². The van der Waals surface area contributed by atoms with Crippen molar-refractivity contribution in [3.05, 3.63) is 57.2 Å². The van der Waals surface area contributed by atoms with Crippen LogP contribution in [-0.2, 0) is 6.42 Å². The van der Waals surface area contributed by atoms with Crippen molar-refractivity contribution in [1.29, 1.82) is 0 Å². The highest BCUT2D eigenvalue weighted by atomic mass is 79.9. The van der Waals surface area contributed by atoms with E-state index in [-0.39, 0.29) is 6.04 Å². The summed E-state index contributed by atoms with van der Waals surface area (Å²) in [5.41, 5.74) is 13.9. The van der Waals surface area contributed by atoms with Crippen molar-refractivity contribution >= 4 is 33.3 Å². The number of nitrogens with two attached hydrogens (primary N) is 2. The third kappa shape index (κ3) is 3.22. The van der Waals surface area contributed by atoms with Gasteiger partial charge in [-0.3, -0.25) is 0 Å². The summed E-state index contributed by atoms with van der Waals surface area (Å²) in [7, 11) is 0. The summed E-state index contributed by atoms with van der Waals surface area (Å²) >= 11 is 9.34. The summed E-state index contributed by atoms with van der Waals surface area (Å²) in [6, 6.07) is 9.57. The van der Waals surface area contributed by atoms with Gasteiger partial charge in [-0.1, -0.05) is 39.7 Å². The molecule has 1 atom stereocenters. The molecule has 1 aromatic carbocycles. The van der Waals surface area contributed by atoms with E-state index >= 15 is 0 Å². The average Bonchev–Trinajstić information content (AvgIpc) is 2.32. The molecular formula is C13H13BrClN3. The predicted molar refractivity (Wildman–Crippen MR) is 78.4 cm³/mol. The lowest BCUT2D eigenvalue weighted by molar-refractivity contribution is 0.721. The van der Waals surface area contributed by atoms with Gasteiger partial charge in [0.15, 0.2) is 0 Å². The molecule has 2 rings (SSSR count). The molecule has 0 spiro atoms. The summed E-state index contributed by atoms with van der Waals surface area (Å²) < 4.78 is 1.03. The molecule has 5 heteroatoms. The molecule has 0 saturated carbocycles. The number of nitrogens with zero attached hydrogens (tertiary/aromatic N) is 1. The van der Waals surface area contributed by atoms with Crippen molar-refractivity contribution in [2.24, 2.45) is 5.73 Å². The van der Waals surface area contributed by atoms with Crippen molar-refractivity contribution in [2.45, 2.75) is 12.5 Å². The number of nitrogen functional groups attached to an aromatic ring is 1. The average molecular weight is 327 g/mol. The van der Waals surface area contributed by atoms with Crippen LogP contribution in [0, 0.1) is 0 Å². The number of halogens is 2. The number of pyridine rings is 1. The fourth-order valence-electron chi connectivity index (χ4n) is 1.79. The van der Waals surface area contributed by atoms with Crippen LogP contribution in [0.5, 0.6) is 0 Å². The molecule has 2 aromatic rings. The minimum Gasteiger partial charge on any atom is -0.383 e. The first-order valence-corrected chi connectivity index (χ1v) is 6.64. The molecule has 1 aromatic heterocycles. The van der Waals surface area contributed by atoms with Crippen LogP contribution >= 0.6 is 27.5 Å². The highest BCUT2D eigenvalue weighted by Gasteiger charge is 2.12. The predicted octanol–water partition coefficient (Wildman–Crippen LogP) is 3.32. The zero-order chi connectivity index (χ0) is 13.1. The van der Waals surface area contributed by atoms with Gasteiger partial charge in [0.2, 0.25) is 0 Å². The van der Waals surface area contributed by atoms with Crippen LogP contribution < -0.4 is 11.5 Å². The second kappa shape index (κ2) is 5.69. The van der Waals surface area contributed by atoms with E-state index in [9.17, 15) is 0 Å². The fraction of sp³-hybridized carbons (Fsp3) is 0.154. The second-order valence-electron chi connectivity index (χ2n) is 4.07. The van der Waals surface area contributed by atoms with Gasteiger partial charge < -0.3 is 11.5 Å². The Kier molecular flexibility index (Phi) is 4.22. The molecule has 4 N–H and O–H groups in total. The number of aromatic nitrogens is 1. The highest BCUT2D eigenvalue weighted by molar-refractivity contribution is 9.10. The van der Waals surface area contributed by atoms with Gasteiger partial charge in [0.1, 0.15) is 5.82 Å². The summed E-state index contributed by atoms with van der Waals surface area (Å²) in [4.78, 5) is 4.02. The largest absolute Gasteiger partial charge is 0.383 e. The summed E-state index contributed by atoms with van der Waals surface area (Å²) in [6.07, 6.45) is 2.21. The minimum atomic E-state index is -0.217. The van der Waals surface area contributed by atoms with Crippen LogP contribution in [0.25, 0.3) is 0 Å². The Morgan fingerprint density at radius 3 is 2.83 bits per heavy atom. The van der Waals surface area contributed by atoms with Crippen molar-refractivity contribution in [1.82, 2.24) is 4.98 Å². The number of hydrogen-bond donors (Lipinski definition) is 2. The zero-order valence-electron chi connectivity index (χ0n) is 9.61. The number of rotatable bonds is 3. The Bertz CT molecular complexity index is 560. The van der Waals surface area contributed by atoms with Gasteiger partial charge in [-0.2, -0.15) is 0 Å². The maximum Gasteiger partial charge on any atom is 0.128 e. The van der Waals surface area contributed by atoms with Crippen LogP contribution in [-0.4, -0.2) is 4.98 Å². The zero-order valence-corrected chi connectivity index (χ0v) is 11.9. The Morgan fingerprint density at radius 2 is 2.11 bits per heavy atom. The summed E-state index contributed by atoms with van der Waals surface area (Å²) in [5, 5.41) is 0.545. The summed E-state index contributed by atoms with van der Waals surface area (Å²) in [6.45, 7) is 0. The minimum absolute atomic E-state index is 0.217. The number of anilines is 1. The lowest BCUT2D eigenvalue weighted by atomic mass is 10.0. The lowest BCUT2D eigenvalue weighted by Crippen LogP contribution is -2.16. The quantitative estimate of drug-likeness (QED) is 0.909. The van der Waals surface area contributed by atoms with Gasteiger partial charge in [0.05, 0.1) is 5.02 Å². The van der Waals surface area contributed by atoms with Gasteiger partial charge in [0, 0.05) is 22.3 Å². The van der Waals surface area contributed by atoms with Crippen LogP contribution in [0.3, 0.4) is 0 Å². The third-order valence-corrected chi connectivity index (χ3v) is 3.36. The van der Waals surface area contributed by atoms with Gasteiger partial charge in [-0.25, -0.2) is 4.98 Å². The Balaban J connectivity index is 2.21. The van der Waals surface area contributed by atoms with E-state index in [4.69, 9.17) is 23.1 Å². The molecule has 1 heterocycles. The molecule has 0 radical (unpaired) electrons. The first kappa shape index (κ1) is 13.3. The maximum absolute atomic E-state index is 6.15. The molecule has 0 aliphatic carbocycles. The molecule has 0 amide bonds. The van der Waals surface area contributed by atoms with Gasteiger partial charge in [-0.05, 0) is 30.2 Å². The van der Waals surface area contributed by atoms with Crippen molar-refractivity contribution in [3.63, 3.8) is 0 Å². The highest BCUT2D eigenvalue weighted by Crippen LogP contribution is 2.24. The van der Waals surface area contributed by atoms with E-state index in [2.05, 4.69) is 20.9 Å². The maximum atomic E-state index is 6.15. The van der Waals surface area contributed by atoms with Gasteiger partial charge >= 0.3 is 0 Å². The smallest absolute Gasteiger partial charge is 0.128 e. The SMILES string of the molecule is Nc1ncc(Cl)cc1C(N)Cc1cccc(Br)c1. The summed E-state index contributed by atoms with van der Waals surface area (Å²) in [5.74, 6) is 0.432. The Labute approximate surface area is 119 Å². The van der Waals surface area contributed by atoms with E-state index in [1.165, 1.54) is 6.20 Å². The molecule has 3 nitrogen and oxygen atoms in total. The normalized spacial score (nSPS) is 12.4. The molecule has 94 valence electrons. The van der Waals surface area contributed by atoms with Gasteiger partial charge in [-0.15, -0.1) is 0 Å². The fourth-order valence-corrected chi connectivity index (χ4v) is 2.40. The lowest BCUT2D eigenvalue weighted by Gasteiger charge is -2.14. The molecule has 0 bridgehead atoms.